The molecule has 1 aliphatic carbocycles. The molecule has 2 fully saturated rings. The molecule has 2 heterocycles. The van der Waals surface area contributed by atoms with Crippen LogP contribution in [0, 0.1) is 11.8 Å². The summed E-state index contributed by atoms with van der Waals surface area (Å²) in [5.74, 6) is 0.584. The van der Waals surface area contributed by atoms with Crippen molar-refractivity contribution in [3.05, 3.63) is 48.3 Å². The summed E-state index contributed by atoms with van der Waals surface area (Å²) in [5, 5.41) is 7.25. The van der Waals surface area contributed by atoms with E-state index in [1.54, 1.807) is 6.20 Å². The molecule has 1 saturated carbocycles. The molecule has 2 amide bonds. The van der Waals surface area contributed by atoms with Crippen molar-refractivity contribution in [2.45, 2.75) is 32.2 Å². The fourth-order valence-corrected chi connectivity index (χ4v) is 3.52. The normalized spacial score (nSPS) is 17.9. The molecule has 2 aromatic rings. The molecule has 1 saturated heterocycles. The van der Waals surface area contributed by atoms with E-state index in [-0.39, 0.29) is 23.7 Å². The molecule has 0 spiro atoms. The average molecular weight is 352 g/mol. The van der Waals surface area contributed by atoms with E-state index in [1.807, 2.05) is 46.1 Å². The van der Waals surface area contributed by atoms with Crippen molar-refractivity contribution < 1.29 is 9.59 Å². The smallest absolute Gasteiger partial charge is 0.227 e. The maximum Gasteiger partial charge on any atom is 0.227 e. The van der Waals surface area contributed by atoms with E-state index in [1.165, 1.54) is 0 Å². The quantitative estimate of drug-likeness (QED) is 0.899. The molecule has 136 valence electrons. The third-order valence-electron chi connectivity index (χ3n) is 5.20. The van der Waals surface area contributed by atoms with E-state index in [0.29, 0.717) is 19.6 Å². The van der Waals surface area contributed by atoms with E-state index in [2.05, 4.69) is 10.4 Å². The minimum atomic E-state index is -0.0203. The van der Waals surface area contributed by atoms with Crippen LogP contribution in [0.5, 0.6) is 0 Å². The van der Waals surface area contributed by atoms with Gasteiger partial charge in [-0.25, -0.2) is 0 Å². The Morgan fingerprint density at radius 1 is 1.08 bits per heavy atom. The molecule has 1 aromatic heterocycles. The Morgan fingerprint density at radius 2 is 1.88 bits per heavy atom. The number of anilines is 1. The molecule has 6 heteroatoms. The van der Waals surface area contributed by atoms with Crippen LogP contribution in [0.2, 0.25) is 0 Å². The highest BCUT2D eigenvalue weighted by molar-refractivity contribution is 5.93. The van der Waals surface area contributed by atoms with E-state index in [0.717, 1.165) is 36.9 Å². The largest absolute Gasteiger partial charge is 0.342 e. The summed E-state index contributed by atoms with van der Waals surface area (Å²) in [5.41, 5.74) is 1.91. The Balaban J connectivity index is 1.31. The van der Waals surface area contributed by atoms with E-state index in [4.69, 9.17) is 0 Å². The number of likely N-dealkylation sites (tertiary alicyclic amines) is 1. The Morgan fingerprint density at radius 3 is 2.58 bits per heavy atom. The van der Waals surface area contributed by atoms with Crippen molar-refractivity contribution in [2.24, 2.45) is 11.8 Å². The minimum absolute atomic E-state index is 0.0203. The summed E-state index contributed by atoms with van der Waals surface area (Å²) in [6, 6.07) is 9.78. The van der Waals surface area contributed by atoms with Gasteiger partial charge in [0.2, 0.25) is 11.8 Å². The van der Waals surface area contributed by atoms with Gasteiger partial charge >= 0.3 is 0 Å². The zero-order chi connectivity index (χ0) is 17.9. The summed E-state index contributed by atoms with van der Waals surface area (Å²) in [4.78, 5) is 26.6. The number of nitrogens with one attached hydrogen (secondary N) is 1. The lowest BCUT2D eigenvalue weighted by atomic mass is 9.95. The number of hydrogen-bond acceptors (Lipinski definition) is 3. The van der Waals surface area contributed by atoms with Gasteiger partial charge in [-0.15, -0.1) is 0 Å². The summed E-state index contributed by atoms with van der Waals surface area (Å²) in [6.45, 7) is 2.08. The van der Waals surface area contributed by atoms with E-state index in [9.17, 15) is 9.59 Å². The first-order chi connectivity index (χ1) is 12.7. The van der Waals surface area contributed by atoms with Crippen molar-refractivity contribution >= 4 is 17.5 Å². The lowest BCUT2D eigenvalue weighted by Crippen LogP contribution is -2.42. The first kappa shape index (κ1) is 16.8. The Labute approximate surface area is 153 Å². The SMILES string of the molecule is O=C(Nc1cccc(Cn2cccn2)c1)C1CCN(C(=O)C2CC2)CC1. The number of carbonyl (C=O) groups is 2. The molecule has 1 aliphatic heterocycles. The van der Waals surface area contributed by atoms with Gasteiger partial charge in [0.1, 0.15) is 0 Å². The molecule has 0 atom stereocenters. The molecular formula is C20H24N4O2. The van der Waals surface area contributed by atoms with Crippen LogP contribution in [0.15, 0.2) is 42.7 Å². The van der Waals surface area contributed by atoms with Gasteiger partial charge in [-0.1, -0.05) is 12.1 Å². The number of aromatic nitrogens is 2. The van der Waals surface area contributed by atoms with Crippen LogP contribution >= 0.6 is 0 Å². The summed E-state index contributed by atoms with van der Waals surface area (Å²) >= 11 is 0. The molecule has 0 radical (unpaired) electrons. The minimum Gasteiger partial charge on any atom is -0.342 e. The molecule has 0 unspecified atom stereocenters. The third kappa shape index (κ3) is 3.95. The van der Waals surface area contributed by atoms with Crippen LogP contribution < -0.4 is 5.32 Å². The highest BCUT2D eigenvalue weighted by atomic mass is 16.2. The zero-order valence-corrected chi connectivity index (χ0v) is 14.8. The van der Waals surface area contributed by atoms with Crippen molar-refractivity contribution in [1.82, 2.24) is 14.7 Å². The highest BCUT2D eigenvalue weighted by Crippen LogP contribution is 2.32. The predicted molar refractivity (Wildman–Crippen MR) is 98.4 cm³/mol. The van der Waals surface area contributed by atoms with E-state index < -0.39 is 0 Å². The molecule has 1 aromatic carbocycles. The number of amides is 2. The first-order valence-electron chi connectivity index (χ1n) is 9.35. The van der Waals surface area contributed by atoms with Gasteiger partial charge in [0.05, 0.1) is 6.54 Å². The number of benzene rings is 1. The summed E-state index contributed by atoms with van der Waals surface area (Å²) in [6.07, 6.45) is 7.24. The third-order valence-corrected chi connectivity index (χ3v) is 5.20. The number of piperidine rings is 1. The standard InChI is InChI=1S/C20H24N4O2/c25-19(16-7-11-23(12-8-16)20(26)17-5-6-17)22-18-4-1-3-15(13-18)14-24-10-2-9-21-24/h1-4,9-10,13,16-17H,5-8,11-12,14H2,(H,22,25). The Bertz CT molecular complexity index is 775. The van der Waals surface area contributed by atoms with Crippen LogP contribution in [0.1, 0.15) is 31.2 Å². The van der Waals surface area contributed by atoms with Crippen LogP contribution in [0.4, 0.5) is 5.69 Å². The number of nitrogens with zero attached hydrogens (tertiary/aromatic N) is 3. The Kier molecular flexibility index (Phi) is 4.73. The number of hydrogen-bond donors (Lipinski definition) is 1. The van der Waals surface area contributed by atoms with Gasteiger partial charge < -0.3 is 10.2 Å². The topological polar surface area (TPSA) is 67.2 Å². The fraction of sp³-hybridized carbons (Fsp3) is 0.450. The molecule has 26 heavy (non-hydrogen) atoms. The lowest BCUT2D eigenvalue weighted by molar-refractivity contribution is -0.135. The van der Waals surface area contributed by atoms with Crippen molar-refractivity contribution in [3.63, 3.8) is 0 Å². The predicted octanol–water partition coefficient (Wildman–Crippen LogP) is 2.52. The van der Waals surface area contributed by atoms with E-state index >= 15 is 0 Å². The van der Waals surface area contributed by atoms with Crippen LogP contribution in [0.25, 0.3) is 0 Å². The van der Waals surface area contributed by atoms with Gasteiger partial charge in [0, 0.05) is 43.0 Å². The monoisotopic (exact) mass is 352 g/mol. The molecule has 4 rings (SSSR count). The highest BCUT2D eigenvalue weighted by Gasteiger charge is 2.35. The van der Waals surface area contributed by atoms with Crippen LogP contribution in [-0.2, 0) is 16.1 Å². The molecule has 0 bridgehead atoms. The van der Waals surface area contributed by atoms with Crippen molar-refractivity contribution in [1.29, 1.82) is 0 Å². The summed E-state index contributed by atoms with van der Waals surface area (Å²) in [7, 11) is 0. The first-order valence-corrected chi connectivity index (χ1v) is 9.35. The van der Waals surface area contributed by atoms with Gasteiger partial charge in [-0.3, -0.25) is 14.3 Å². The average Bonchev–Trinajstić information content (AvgIpc) is 3.39. The second-order valence-corrected chi connectivity index (χ2v) is 7.27. The second-order valence-electron chi connectivity index (χ2n) is 7.27. The van der Waals surface area contributed by atoms with Crippen LogP contribution in [-0.4, -0.2) is 39.6 Å². The van der Waals surface area contributed by atoms with Crippen LogP contribution in [0.3, 0.4) is 0 Å². The molecule has 6 nitrogen and oxygen atoms in total. The van der Waals surface area contributed by atoms with Gasteiger partial charge in [-0.05, 0) is 49.4 Å². The Hall–Kier alpha value is -2.63. The number of carbonyl (C=O) groups excluding carboxylic acids is 2. The lowest BCUT2D eigenvalue weighted by Gasteiger charge is -2.31. The van der Waals surface area contributed by atoms with Gasteiger partial charge in [0.25, 0.3) is 0 Å². The molecular weight excluding hydrogens is 328 g/mol. The van der Waals surface area contributed by atoms with Crippen molar-refractivity contribution in [3.8, 4) is 0 Å². The maximum absolute atomic E-state index is 12.6. The van der Waals surface area contributed by atoms with Gasteiger partial charge in [-0.2, -0.15) is 5.10 Å². The molecule has 1 N–H and O–H groups in total. The number of rotatable bonds is 5. The maximum atomic E-state index is 12.6. The zero-order valence-electron chi connectivity index (χ0n) is 14.8. The fourth-order valence-electron chi connectivity index (χ4n) is 3.52. The van der Waals surface area contributed by atoms with Gasteiger partial charge in [0.15, 0.2) is 0 Å². The summed E-state index contributed by atoms with van der Waals surface area (Å²) < 4.78 is 1.85. The second kappa shape index (κ2) is 7.32. The molecule has 2 aliphatic rings. The van der Waals surface area contributed by atoms with Crippen molar-refractivity contribution in [2.75, 3.05) is 18.4 Å².